The van der Waals surface area contributed by atoms with Gasteiger partial charge >= 0.3 is 0 Å². The second-order valence-corrected chi connectivity index (χ2v) is 7.94. The Balaban J connectivity index is 1.75. The molecule has 3 aromatic heterocycles. The summed E-state index contributed by atoms with van der Waals surface area (Å²) in [5, 5.41) is 11.2. The summed E-state index contributed by atoms with van der Waals surface area (Å²) in [4.78, 5) is 22.1. The van der Waals surface area contributed by atoms with Crippen LogP contribution in [0.25, 0.3) is 0 Å². The van der Waals surface area contributed by atoms with Gasteiger partial charge in [-0.2, -0.15) is 0 Å². The van der Waals surface area contributed by atoms with Gasteiger partial charge in [-0.3, -0.25) is 0 Å². The van der Waals surface area contributed by atoms with Gasteiger partial charge in [0.1, 0.15) is 34.9 Å². The standard InChI is InChI=1S/C25H25N7O/c1-29-17-9-5-10-18(25(17)33)30(2)20-12-7-14-22(27-20)32(4)24-16-8-15-23(28-24)31(3)21-13-6-11-19(29)26-21/h5-16,33H,1-4H3. The molecule has 0 aliphatic carbocycles. The monoisotopic (exact) mass is 439 g/mol. The van der Waals surface area contributed by atoms with E-state index < -0.39 is 0 Å². The van der Waals surface area contributed by atoms with Crippen molar-refractivity contribution in [2.45, 2.75) is 0 Å². The van der Waals surface area contributed by atoms with Crippen LogP contribution in [0.2, 0.25) is 0 Å². The molecule has 0 amide bonds. The minimum atomic E-state index is 0.155. The van der Waals surface area contributed by atoms with Crippen LogP contribution in [0.1, 0.15) is 0 Å². The van der Waals surface area contributed by atoms with E-state index in [4.69, 9.17) is 15.0 Å². The van der Waals surface area contributed by atoms with E-state index in [0.29, 0.717) is 23.0 Å². The summed E-state index contributed by atoms with van der Waals surface area (Å²) in [6.07, 6.45) is 0. The molecule has 166 valence electrons. The maximum Gasteiger partial charge on any atom is 0.163 e. The number of nitrogens with zero attached hydrogens (tertiary/aromatic N) is 7. The van der Waals surface area contributed by atoms with Crippen molar-refractivity contribution in [2.75, 3.05) is 47.8 Å². The number of hydrogen-bond donors (Lipinski definition) is 1. The van der Waals surface area contributed by atoms with Gasteiger partial charge in [-0.25, -0.2) is 15.0 Å². The molecular formula is C25H25N7O. The number of pyridine rings is 3. The van der Waals surface area contributed by atoms with E-state index in [1.807, 2.05) is 121 Å². The van der Waals surface area contributed by atoms with Crippen LogP contribution in [0, 0.1) is 0 Å². The average molecular weight is 440 g/mol. The predicted octanol–water partition coefficient (Wildman–Crippen LogP) is 4.96. The molecule has 8 heteroatoms. The van der Waals surface area contributed by atoms with Gasteiger partial charge in [0.05, 0.1) is 11.4 Å². The van der Waals surface area contributed by atoms with Crippen molar-refractivity contribution >= 4 is 46.3 Å². The second-order valence-electron chi connectivity index (χ2n) is 7.94. The van der Waals surface area contributed by atoms with Crippen LogP contribution >= 0.6 is 0 Å². The number of aromatic nitrogens is 3. The number of hydrogen-bond acceptors (Lipinski definition) is 8. The van der Waals surface area contributed by atoms with Crippen molar-refractivity contribution in [1.29, 1.82) is 0 Å². The Morgan fingerprint density at radius 2 is 0.727 bits per heavy atom. The first kappa shape index (κ1) is 20.6. The zero-order valence-electron chi connectivity index (χ0n) is 19.0. The highest BCUT2D eigenvalue weighted by atomic mass is 16.3. The van der Waals surface area contributed by atoms with E-state index in [0.717, 1.165) is 23.3 Å². The van der Waals surface area contributed by atoms with Crippen LogP contribution in [0.3, 0.4) is 0 Å². The van der Waals surface area contributed by atoms with E-state index in [9.17, 15) is 5.11 Å². The molecule has 8 nitrogen and oxygen atoms in total. The third-order valence-corrected chi connectivity index (χ3v) is 5.94. The van der Waals surface area contributed by atoms with Crippen molar-refractivity contribution in [3.05, 3.63) is 72.8 Å². The molecule has 1 aromatic carbocycles. The number of rotatable bonds is 0. The highest BCUT2D eigenvalue weighted by molar-refractivity contribution is 5.79. The van der Waals surface area contributed by atoms with Crippen LogP contribution in [0.5, 0.6) is 5.75 Å². The molecular weight excluding hydrogens is 414 g/mol. The first-order valence-corrected chi connectivity index (χ1v) is 10.6. The van der Waals surface area contributed by atoms with Crippen LogP contribution in [-0.4, -0.2) is 48.2 Å². The van der Waals surface area contributed by atoms with Crippen LogP contribution < -0.4 is 19.6 Å². The number of fused-ring (bicyclic) bond motifs is 8. The summed E-state index contributed by atoms with van der Waals surface area (Å²) >= 11 is 0. The number of aromatic hydroxyl groups is 1. The van der Waals surface area contributed by atoms with Crippen molar-refractivity contribution < 1.29 is 5.11 Å². The minimum absolute atomic E-state index is 0.155. The molecule has 0 unspecified atom stereocenters. The van der Waals surface area contributed by atoms with Crippen molar-refractivity contribution in [1.82, 2.24) is 15.0 Å². The molecule has 4 aromatic rings. The first-order chi connectivity index (χ1) is 15.9. The Hall–Kier alpha value is -4.33. The third-order valence-electron chi connectivity index (χ3n) is 5.94. The minimum Gasteiger partial charge on any atom is -0.504 e. The van der Waals surface area contributed by atoms with Gasteiger partial charge in [-0.05, 0) is 48.5 Å². The Bertz CT molecular complexity index is 1230. The highest BCUT2D eigenvalue weighted by Crippen LogP contribution is 2.41. The lowest BCUT2D eigenvalue weighted by molar-refractivity contribution is 0.477. The zero-order valence-corrected chi connectivity index (χ0v) is 19.0. The van der Waals surface area contributed by atoms with Gasteiger partial charge in [0.2, 0.25) is 0 Å². The largest absolute Gasteiger partial charge is 0.504 e. The summed E-state index contributed by atoms with van der Waals surface area (Å²) in [5.41, 5.74) is 1.29. The summed E-state index contributed by atoms with van der Waals surface area (Å²) in [7, 11) is 7.65. The van der Waals surface area contributed by atoms with E-state index in [-0.39, 0.29) is 5.75 Å². The fourth-order valence-electron chi connectivity index (χ4n) is 3.90. The second kappa shape index (κ2) is 7.98. The van der Waals surface area contributed by atoms with Crippen LogP contribution in [0.15, 0.2) is 72.8 Å². The number of benzene rings is 1. The van der Waals surface area contributed by atoms with Gasteiger partial charge < -0.3 is 24.7 Å². The van der Waals surface area contributed by atoms with Gasteiger partial charge in [-0.1, -0.05) is 24.3 Å². The van der Waals surface area contributed by atoms with Crippen molar-refractivity contribution in [3.63, 3.8) is 0 Å². The molecule has 0 saturated heterocycles. The molecule has 1 aliphatic rings. The molecule has 0 saturated carbocycles. The van der Waals surface area contributed by atoms with E-state index in [2.05, 4.69) is 0 Å². The first-order valence-electron chi connectivity index (χ1n) is 10.6. The fraction of sp³-hybridized carbons (Fsp3) is 0.160. The topological polar surface area (TPSA) is 71.9 Å². The maximum atomic E-state index is 11.2. The van der Waals surface area contributed by atoms with Gasteiger partial charge in [0.15, 0.2) is 5.75 Å². The Labute approximate surface area is 193 Å². The van der Waals surface area contributed by atoms with E-state index >= 15 is 0 Å². The van der Waals surface area contributed by atoms with Gasteiger partial charge in [-0.15, -0.1) is 0 Å². The number of phenolic OH excluding ortho intramolecular Hbond substituents is 1. The zero-order chi connectivity index (χ0) is 23.1. The summed E-state index contributed by atoms with van der Waals surface area (Å²) in [6.45, 7) is 0. The molecule has 8 bridgehead atoms. The van der Waals surface area contributed by atoms with E-state index in [1.165, 1.54) is 0 Å². The summed E-state index contributed by atoms with van der Waals surface area (Å²) in [5.74, 6) is 4.57. The Kier molecular flexibility index (Phi) is 4.97. The predicted molar refractivity (Wildman–Crippen MR) is 133 cm³/mol. The van der Waals surface area contributed by atoms with Crippen LogP contribution in [0.4, 0.5) is 46.3 Å². The lowest BCUT2D eigenvalue weighted by atomic mass is 10.2. The van der Waals surface area contributed by atoms with Crippen LogP contribution in [-0.2, 0) is 0 Å². The lowest BCUT2D eigenvalue weighted by Gasteiger charge is -2.27. The SMILES string of the molecule is CN1c2cccc(n2)N(C)c2cccc(n2)N(C)c2cccc(c2O)N(C)c2cccc1n2. The van der Waals surface area contributed by atoms with E-state index in [1.54, 1.807) is 0 Å². The number of para-hydroxylation sites is 1. The van der Waals surface area contributed by atoms with Crippen molar-refractivity contribution in [3.8, 4) is 5.75 Å². The molecule has 4 heterocycles. The molecule has 0 spiro atoms. The molecule has 1 aliphatic heterocycles. The quantitative estimate of drug-likeness (QED) is 0.412. The molecule has 5 rings (SSSR count). The van der Waals surface area contributed by atoms with Crippen molar-refractivity contribution in [2.24, 2.45) is 0 Å². The third kappa shape index (κ3) is 3.55. The molecule has 33 heavy (non-hydrogen) atoms. The number of anilines is 8. The summed E-state index contributed by atoms with van der Waals surface area (Å²) < 4.78 is 0. The maximum absolute atomic E-state index is 11.2. The highest BCUT2D eigenvalue weighted by Gasteiger charge is 2.20. The molecule has 0 atom stereocenters. The summed E-state index contributed by atoms with van der Waals surface area (Å²) in [6, 6.07) is 23.1. The molecule has 0 radical (unpaired) electrons. The normalized spacial score (nSPS) is 13.3. The lowest BCUT2D eigenvalue weighted by Crippen LogP contribution is -2.20. The molecule has 0 fully saturated rings. The van der Waals surface area contributed by atoms with Gasteiger partial charge in [0, 0.05) is 28.2 Å². The average Bonchev–Trinajstić information content (AvgIpc) is 2.87. The smallest absolute Gasteiger partial charge is 0.163 e. The number of phenols is 1. The van der Waals surface area contributed by atoms with Gasteiger partial charge in [0.25, 0.3) is 0 Å². The fourth-order valence-corrected chi connectivity index (χ4v) is 3.90. The molecule has 1 N–H and O–H groups in total. The Morgan fingerprint density at radius 1 is 0.455 bits per heavy atom. The Morgan fingerprint density at radius 3 is 1.06 bits per heavy atom.